The number of ether oxygens (including phenoxy) is 2. The number of rotatable bonds is 51. The molecule has 8 nitrogen and oxygen atoms in total. The van der Waals surface area contributed by atoms with Crippen molar-refractivity contribution in [2.45, 2.75) is 245 Å². The molecule has 0 aromatic rings. The third kappa shape index (κ3) is 53.2. The first-order valence-corrected chi connectivity index (χ1v) is 29.0. The van der Waals surface area contributed by atoms with Crippen LogP contribution in [-0.2, 0) is 27.9 Å². The lowest BCUT2D eigenvalue weighted by Crippen LogP contribution is -2.37. The Balaban J connectivity index is 4.12. The lowest BCUT2D eigenvalue weighted by molar-refractivity contribution is -0.870. The molecule has 66 heavy (non-hydrogen) atoms. The number of esters is 1. The fourth-order valence-electron chi connectivity index (χ4n) is 7.63. The third-order valence-electron chi connectivity index (χ3n) is 11.8. The summed E-state index contributed by atoms with van der Waals surface area (Å²) in [6.45, 7) is 5.31. The van der Waals surface area contributed by atoms with Crippen molar-refractivity contribution >= 4 is 13.8 Å². The summed E-state index contributed by atoms with van der Waals surface area (Å²) < 4.78 is 34.8. The Kier molecular flexibility index (Phi) is 48.3. The lowest BCUT2D eigenvalue weighted by Gasteiger charge is -2.28. The maximum Gasteiger partial charge on any atom is 0.306 e. The Morgan fingerprint density at radius 3 is 1.32 bits per heavy atom. The number of likely N-dealkylation sites (N-methyl/N-ethyl adjacent to an activating group) is 1. The highest BCUT2D eigenvalue weighted by Gasteiger charge is 2.20. The summed E-state index contributed by atoms with van der Waals surface area (Å²) in [4.78, 5) is 25.2. The molecule has 0 saturated carbocycles. The molecule has 0 aliphatic carbocycles. The topological polar surface area (TPSA) is 94.1 Å². The van der Waals surface area contributed by atoms with E-state index < -0.39 is 13.9 Å². The largest absolute Gasteiger partial charge is 0.756 e. The quantitative estimate of drug-likeness (QED) is 0.0197. The Hall–Kier alpha value is -1.80. The first kappa shape index (κ1) is 64.2. The molecular weight excluding hydrogens is 842 g/mol. The molecule has 0 aliphatic heterocycles. The molecule has 0 aliphatic rings. The molecule has 0 radical (unpaired) electrons. The van der Waals surface area contributed by atoms with E-state index in [-0.39, 0.29) is 25.8 Å². The maximum atomic E-state index is 12.8. The van der Waals surface area contributed by atoms with Crippen molar-refractivity contribution in [3.63, 3.8) is 0 Å². The van der Waals surface area contributed by atoms with Crippen LogP contribution < -0.4 is 4.89 Å². The van der Waals surface area contributed by atoms with E-state index in [1.807, 2.05) is 21.1 Å². The summed E-state index contributed by atoms with van der Waals surface area (Å²) in [6.07, 6.45) is 64.0. The van der Waals surface area contributed by atoms with E-state index in [9.17, 15) is 14.3 Å². The maximum absolute atomic E-state index is 12.8. The second-order valence-electron chi connectivity index (χ2n) is 19.6. The number of carbonyl (C=O) groups excluding carboxylic acids is 1. The SMILES string of the molecule is CC/C=C\C/C=C\C/C=C\C/C=C\C/C=C\CCCCCCCC(=O)OC(COCCCCCCCCCCCCCCCCCCCCCCCCC)COP(=O)([O-])OCC[N+](C)(C)C. The van der Waals surface area contributed by atoms with Crippen molar-refractivity contribution in [2.75, 3.05) is 54.1 Å². The Morgan fingerprint density at radius 1 is 0.485 bits per heavy atom. The van der Waals surface area contributed by atoms with E-state index in [2.05, 4.69) is 74.6 Å². The summed E-state index contributed by atoms with van der Waals surface area (Å²) in [5.74, 6) is -0.350. The monoisotopic (exact) mass is 948 g/mol. The molecule has 2 unspecified atom stereocenters. The molecule has 0 aromatic heterocycles. The highest BCUT2D eigenvalue weighted by molar-refractivity contribution is 7.45. The minimum Gasteiger partial charge on any atom is -0.756 e. The highest BCUT2D eigenvalue weighted by Crippen LogP contribution is 2.38. The van der Waals surface area contributed by atoms with Gasteiger partial charge in [-0.15, -0.1) is 0 Å². The molecule has 0 aromatic carbocycles. The number of hydrogen-bond donors (Lipinski definition) is 0. The number of phosphoric acid groups is 1. The van der Waals surface area contributed by atoms with Crippen molar-refractivity contribution in [2.24, 2.45) is 0 Å². The molecule has 0 saturated heterocycles. The average Bonchev–Trinajstić information content (AvgIpc) is 3.28. The van der Waals surface area contributed by atoms with Crippen LogP contribution in [0.5, 0.6) is 0 Å². The fourth-order valence-corrected chi connectivity index (χ4v) is 8.36. The highest BCUT2D eigenvalue weighted by atomic mass is 31.2. The summed E-state index contributed by atoms with van der Waals surface area (Å²) in [5.41, 5.74) is 0. The van der Waals surface area contributed by atoms with Gasteiger partial charge in [0.05, 0.1) is 34.4 Å². The summed E-state index contributed by atoms with van der Waals surface area (Å²) >= 11 is 0. The van der Waals surface area contributed by atoms with E-state index >= 15 is 0 Å². The second kappa shape index (κ2) is 49.6. The fraction of sp³-hybridized carbons (Fsp3) is 0.807. The number of nitrogens with zero attached hydrogens (tertiary/aromatic N) is 1. The van der Waals surface area contributed by atoms with Crippen LogP contribution in [0.1, 0.15) is 239 Å². The van der Waals surface area contributed by atoms with Crippen LogP contribution in [0.3, 0.4) is 0 Å². The minimum absolute atomic E-state index is 0.0209. The summed E-state index contributed by atoms with van der Waals surface area (Å²) in [5, 5.41) is 0. The van der Waals surface area contributed by atoms with Crippen molar-refractivity contribution < 1.29 is 37.3 Å². The number of phosphoric ester groups is 1. The predicted octanol–water partition coefficient (Wildman–Crippen LogP) is 16.6. The average molecular weight is 948 g/mol. The van der Waals surface area contributed by atoms with Gasteiger partial charge in [-0.2, -0.15) is 0 Å². The third-order valence-corrected chi connectivity index (χ3v) is 12.8. The van der Waals surface area contributed by atoms with E-state index in [0.717, 1.165) is 83.5 Å². The van der Waals surface area contributed by atoms with Gasteiger partial charge >= 0.3 is 5.97 Å². The van der Waals surface area contributed by atoms with Crippen molar-refractivity contribution in [3.8, 4) is 0 Å². The van der Waals surface area contributed by atoms with Crippen LogP contribution in [0.25, 0.3) is 0 Å². The summed E-state index contributed by atoms with van der Waals surface area (Å²) in [7, 11) is 1.34. The standard InChI is InChI=1S/C57H106NO7P/c1-6-8-10-12-14-16-18-20-22-24-26-28-29-31-33-35-37-39-41-43-45-47-49-52-62-54-56(55-64-66(60,61)63-53-51-58(3,4)5)65-57(59)50-48-46-44-42-40-38-36-34-32-30-27-25-23-21-19-17-15-13-11-9-7-2/h9,11,15,17,21,23,27,30,34,36,56H,6-8,10,12-14,16,18-20,22,24-26,28-29,31-33,35,37-55H2,1-5H3/b11-9-,17-15-,23-21-,30-27-,36-34-. The first-order valence-electron chi connectivity index (χ1n) is 27.5. The van der Waals surface area contributed by atoms with Gasteiger partial charge < -0.3 is 27.9 Å². The smallest absolute Gasteiger partial charge is 0.306 e. The predicted molar refractivity (Wildman–Crippen MR) is 282 cm³/mol. The van der Waals surface area contributed by atoms with Gasteiger partial charge in [-0.05, 0) is 57.8 Å². The van der Waals surface area contributed by atoms with Crippen LogP contribution in [0, 0.1) is 0 Å². The number of hydrogen-bond acceptors (Lipinski definition) is 7. The molecule has 0 N–H and O–H groups in total. The van der Waals surface area contributed by atoms with Crippen molar-refractivity contribution in [3.05, 3.63) is 60.8 Å². The van der Waals surface area contributed by atoms with E-state index in [1.165, 1.54) is 135 Å². The van der Waals surface area contributed by atoms with Crippen LogP contribution >= 0.6 is 7.82 Å². The zero-order valence-corrected chi connectivity index (χ0v) is 44.8. The van der Waals surface area contributed by atoms with Gasteiger partial charge in [-0.25, -0.2) is 0 Å². The molecule has 9 heteroatoms. The van der Waals surface area contributed by atoms with Gasteiger partial charge in [0.2, 0.25) is 0 Å². The Bertz CT molecular complexity index is 1240. The molecule has 0 bridgehead atoms. The first-order chi connectivity index (χ1) is 32.1. The molecule has 0 amide bonds. The van der Waals surface area contributed by atoms with Gasteiger partial charge in [-0.1, -0.05) is 235 Å². The van der Waals surface area contributed by atoms with E-state index in [4.69, 9.17) is 18.5 Å². The molecule has 386 valence electrons. The molecule has 0 fully saturated rings. The van der Waals surface area contributed by atoms with E-state index in [1.54, 1.807) is 0 Å². The van der Waals surface area contributed by atoms with Gasteiger partial charge in [0.15, 0.2) is 0 Å². The normalized spacial score (nSPS) is 14.0. The summed E-state index contributed by atoms with van der Waals surface area (Å²) in [6, 6.07) is 0. The van der Waals surface area contributed by atoms with Gasteiger partial charge in [0, 0.05) is 13.0 Å². The van der Waals surface area contributed by atoms with E-state index in [0.29, 0.717) is 24.1 Å². The number of allylic oxidation sites excluding steroid dienone is 10. The molecule has 0 spiro atoms. The Morgan fingerprint density at radius 2 is 0.879 bits per heavy atom. The van der Waals surface area contributed by atoms with Crippen LogP contribution in [-0.4, -0.2) is 70.7 Å². The minimum atomic E-state index is -4.54. The second-order valence-corrected chi connectivity index (χ2v) is 21.0. The van der Waals surface area contributed by atoms with Gasteiger partial charge in [0.25, 0.3) is 7.82 Å². The zero-order chi connectivity index (χ0) is 48.3. The molecule has 0 heterocycles. The zero-order valence-electron chi connectivity index (χ0n) is 43.9. The van der Waals surface area contributed by atoms with Gasteiger partial charge in [0.1, 0.15) is 19.3 Å². The van der Waals surface area contributed by atoms with Crippen LogP contribution in [0.15, 0.2) is 60.8 Å². The lowest BCUT2D eigenvalue weighted by atomic mass is 10.0. The molecule has 2 atom stereocenters. The van der Waals surface area contributed by atoms with Crippen LogP contribution in [0.4, 0.5) is 0 Å². The number of carbonyl (C=O) groups is 1. The van der Waals surface area contributed by atoms with Crippen molar-refractivity contribution in [1.82, 2.24) is 0 Å². The van der Waals surface area contributed by atoms with Gasteiger partial charge in [-0.3, -0.25) is 9.36 Å². The number of quaternary nitrogens is 1. The Labute approximate surface area is 409 Å². The molecule has 0 rings (SSSR count). The van der Waals surface area contributed by atoms with Crippen LogP contribution in [0.2, 0.25) is 0 Å². The number of unbranched alkanes of at least 4 members (excludes halogenated alkanes) is 27. The molecular formula is C57H106NO7P. The van der Waals surface area contributed by atoms with Crippen molar-refractivity contribution in [1.29, 1.82) is 0 Å².